The second-order valence-electron chi connectivity index (χ2n) is 3.54. The van der Waals surface area contributed by atoms with Crippen molar-refractivity contribution in [2.24, 2.45) is 0 Å². The van der Waals surface area contributed by atoms with E-state index in [-0.39, 0.29) is 5.91 Å². The molecule has 0 radical (unpaired) electrons. The number of hydrogen-bond acceptors (Lipinski definition) is 1. The molecule has 0 spiro atoms. The molecule has 2 nitrogen and oxygen atoms in total. The Bertz CT molecular complexity index is 178. The zero-order valence-corrected chi connectivity index (χ0v) is 9.31. The van der Waals surface area contributed by atoms with Gasteiger partial charge in [-0.05, 0) is 12.8 Å². The van der Waals surface area contributed by atoms with E-state index in [9.17, 15) is 4.79 Å². The van der Waals surface area contributed by atoms with Crippen molar-refractivity contribution in [3.05, 3.63) is 0 Å². The molecule has 13 heavy (non-hydrogen) atoms. The largest absolute Gasteiger partial charge is 0.340 e. The van der Waals surface area contributed by atoms with Crippen LogP contribution in [0.5, 0.6) is 0 Å². The fraction of sp³-hybridized carbons (Fsp3) is 0.889. The van der Waals surface area contributed by atoms with Gasteiger partial charge in [-0.25, -0.2) is 0 Å². The number of rotatable bonds is 2. The molecular formula is C9H15Cl2NO. The molecule has 0 bridgehead atoms. The topological polar surface area (TPSA) is 20.3 Å². The second kappa shape index (κ2) is 5.06. The average Bonchev–Trinajstić information content (AvgIpc) is 2.17. The quantitative estimate of drug-likeness (QED) is 0.660. The Morgan fingerprint density at radius 3 is 2.31 bits per heavy atom. The van der Waals surface area contributed by atoms with Crippen molar-refractivity contribution >= 4 is 29.1 Å². The van der Waals surface area contributed by atoms with E-state index < -0.39 is 4.84 Å². The molecule has 1 saturated carbocycles. The predicted octanol–water partition coefficient (Wildman–Crippen LogP) is 2.58. The molecule has 0 saturated heterocycles. The number of carbonyl (C=O) groups excluding carboxylic acids is 1. The second-order valence-corrected chi connectivity index (χ2v) is 4.64. The molecule has 0 N–H and O–H groups in total. The van der Waals surface area contributed by atoms with Crippen molar-refractivity contribution in [1.29, 1.82) is 0 Å². The number of carbonyl (C=O) groups is 1. The van der Waals surface area contributed by atoms with Crippen LogP contribution in [0.1, 0.15) is 32.1 Å². The van der Waals surface area contributed by atoms with Crippen LogP contribution in [0.3, 0.4) is 0 Å². The summed E-state index contributed by atoms with van der Waals surface area (Å²) in [5, 5.41) is 0. The van der Waals surface area contributed by atoms with Crippen LogP contribution in [-0.2, 0) is 4.79 Å². The third-order valence-corrected chi connectivity index (χ3v) is 3.03. The van der Waals surface area contributed by atoms with E-state index in [1.165, 1.54) is 19.3 Å². The normalized spacial score (nSPS) is 19.1. The van der Waals surface area contributed by atoms with Crippen LogP contribution in [0, 0.1) is 0 Å². The molecule has 0 aromatic rings. The Balaban J connectivity index is 2.45. The summed E-state index contributed by atoms with van der Waals surface area (Å²) in [5.41, 5.74) is 0. The van der Waals surface area contributed by atoms with Gasteiger partial charge in [-0.3, -0.25) is 4.79 Å². The summed E-state index contributed by atoms with van der Waals surface area (Å²) in [6, 6.07) is 0.348. The Labute approximate surface area is 89.2 Å². The minimum atomic E-state index is -0.910. The maximum absolute atomic E-state index is 11.4. The number of amides is 1. The summed E-state index contributed by atoms with van der Waals surface area (Å²) in [7, 11) is 1.79. The van der Waals surface area contributed by atoms with Gasteiger partial charge < -0.3 is 4.90 Å². The number of hydrogen-bond donors (Lipinski definition) is 0. The van der Waals surface area contributed by atoms with Gasteiger partial charge in [0.2, 0.25) is 0 Å². The highest BCUT2D eigenvalue weighted by atomic mass is 35.5. The lowest BCUT2D eigenvalue weighted by Crippen LogP contribution is -2.40. The molecule has 0 aliphatic heterocycles. The van der Waals surface area contributed by atoms with Gasteiger partial charge in [-0.1, -0.05) is 42.5 Å². The van der Waals surface area contributed by atoms with Crippen LogP contribution in [0.25, 0.3) is 0 Å². The monoisotopic (exact) mass is 223 g/mol. The fourth-order valence-electron chi connectivity index (χ4n) is 1.80. The molecule has 4 heteroatoms. The minimum absolute atomic E-state index is 0.171. The zero-order valence-electron chi connectivity index (χ0n) is 7.80. The van der Waals surface area contributed by atoms with Gasteiger partial charge in [-0.2, -0.15) is 0 Å². The van der Waals surface area contributed by atoms with Gasteiger partial charge in [0, 0.05) is 13.1 Å². The summed E-state index contributed by atoms with van der Waals surface area (Å²) in [6.07, 6.45) is 5.87. The van der Waals surface area contributed by atoms with E-state index in [0.717, 1.165) is 12.8 Å². The van der Waals surface area contributed by atoms with Crippen LogP contribution in [0.15, 0.2) is 0 Å². The summed E-state index contributed by atoms with van der Waals surface area (Å²) >= 11 is 11.0. The van der Waals surface area contributed by atoms with E-state index in [2.05, 4.69) is 0 Å². The molecule has 1 fully saturated rings. The Kier molecular flexibility index (Phi) is 4.33. The van der Waals surface area contributed by atoms with Crippen LogP contribution in [0.4, 0.5) is 0 Å². The first-order valence-electron chi connectivity index (χ1n) is 4.67. The summed E-state index contributed by atoms with van der Waals surface area (Å²) in [4.78, 5) is 12.2. The highest BCUT2D eigenvalue weighted by Gasteiger charge is 2.25. The molecule has 0 aromatic carbocycles. The van der Waals surface area contributed by atoms with Crippen LogP contribution >= 0.6 is 23.2 Å². The smallest absolute Gasteiger partial charge is 0.255 e. The van der Waals surface area contributed by atoms with E-state index in [1.807, 2.05) is 0 Å². The summed E-state index contributed by atoms with van der Waals surface area (Å²) in [5.74, 6) is -0.171. The van der Waals surface area contributed by atoms with Gasteiger partial charge in [0.05, 0.1) is 0 Å². The fourth-order valence-corrected chi connectivity index (χ4v) is 2.11. The van der Waals surface area contributed by atoms with Crippen molar-refractivity contribution in [2.75, 3.05) is 7.05 Å². The average molecular weight is 224 g/mol. The molecular weight excluding hydrogens is 209 g/mol. The summed E-state index contributed by atoms with van der Waals surface area (Å²) < 4.78 is 0. The number of alkyl halides is 2. The Hall–Kier alpha value is 0.0500. The van der Waals surface area contributed by atoms with Crippen molar-refractivity contribution < 1.29 is 4.79 Å². The molecule has 1 aliphatic rings. The number of halogens is 2. The van der Waals surface area contributed by atoms with Crippen molar-refractivity contribution in [2.45, 2.75) is 43.0 Å². The lowest BCUT2D eigenvalue weighted by atomic mass is 9.94. The van der Waals surface area contributed by atoms with Crippen LogP contribution in [0.2, 0.25) is 0 Å². The Morgan fingerprint density at radius 2 is 1.85 bits per heavy atom. The third kappa shape index (κ3) is 3.03. The standard InChI is InChI=1S/C9H15Cl2NO/c1-12(9(13)8(10)11)7-5-3-2-4-6-7/h7-8H,2-6H2,1H3. The molecule has 1 amide bonds. The third-order valence-electron chi connectivity index (χ3n) is 2.66. The van der Waals surface area contributed by atoms with Gasteiger partial charge in [0.15, 0.2) is 4.84 Å². The molecule has 0 heterocycles. The van der Waals surface area contributed by atoms with Crippen LogP contribution in [-0.4, -0.2) is 28.7 Å². The van der Waals surface area contributed by atoms with Gasteiger partial charge >= 0.3 is 0 Å². The first-order valence-corrected chi connectivity index (χ1v) is 5.55. The van der Waals surface area contributed by atoms with Crippen molar-refractivity contribution in [1.82, 2.24) is 4.90 Å². The molecule has 0 atom stereocenters. The maximum Gasteiger partial charge on any atom is 0.255 e. The van der Waals surface area contributed by atoms with Crippen molar-refractivity contribution in [3.63, 3.8) is 0 Å². The number of nitrogens with zero attached hydrogens (tertiary/aromatic N) is 1. The van der Waals surface area contributed by atoms with Gasteiger partial charge in [0.25, 0.3) is 5.91 Å². The zero-order chi connectivity index (χ0) is 9.84. The van der Waals surface area contributed by atoms with Gasteiger partial charge in [0.1, 0.15) is 0 Å². The van der Waals surface area contributed by atoms with Gasteiger partial charge in [-0.15, -0.1) is 0 Å². The first kappa shape index (κ1) is 11.1. The van der Waals surface area contributed by atoms with E-state index in [1.54, 1.807) is 11.9 Å². The predicted molar refractivity (Wildman–Crippen MR) is 55.1 cm³/mol. The molecule has 1 aliphatic carbocycles. The Morgan fingerprint density at radius 1 is 1.31 bits per heavy atom. The molecule has 0 aromatic heterocycles. The lowest BCUT2D eigenvalue weighted by molar-refractivity contribution is -0.130. The molecule has 0 unspecified atom stereocenters. The highest BCUT2D eigenvalue weighted by molar-refractivity contribution is 6.53. The van der Waals surface area contributed by atoms with E-state index in [4.69, 9.17) is 23.2 Å². The first-order chi connectivity index (χ1) is 6.13. The SMILES string of the molecule is CN(C(=O)C(Cl)Cl)C1CCCCC1. The highest BCUT2D eigenvalue weighted by Crippen LogP contribution is 2.22. The lowest BCUT2D eigenvalue weighted by Gasteiger charge is -2.31. The minimum Gasteiger partial charge on any atom is -0.340 e. The molecule has 1 rings (SSSR count). The van der Waals surface area contributed by atoms with Crippen molar-refractivity contribution in [3.8, 4) is 0 Å². The summed E-state index contributed by atoms with van der Waals surface area (Å²) in [6.45, 7) is 0. The van der Waals surface area contributed by atoms with E-state index in [0.29, 0.717) is 6.04 Å². The molecule has 76 valence electrons. The maximum atomic E-state index is 11.4. The van der Waals surface area contributed by atoms with E-state index >= 15 is 0 Å². The van der Waals surface area contributed by atoms with Crippen LogP contribution < -0.4 is 0 Å².